The lowest BCUT2D eigenvalue weighted by Crippen LogP contribution is -2.57. The summed E-state index contributed by atoms with van der Waals surface area (Å²) >= 11 is 0. The Morgan fingerprint density at radius 1 is 1.21 bits per heavy atom. The molecule has 1 aliphatic heterocycles. The zero-order valence-electron chi connectivity index (χ0n) is 7.80. The predicted octanol–water partition coefficient (Wildman–Crippen LogP) is 1.10. The van der Waals surface area contributed by atoms with E-state index in [4.69, 9.17) is 0 Å². The first kappa shape index (κ1) is 9.55. The van der Waals surface area contributed by atoms with Crippen LogP contribution in [-0.4, -0.2) is 30.1 Å². The molecule has 1 saturated heterocycles. The van der Waals surface area contributed by atoms with Crippen molar-refractivity contribution in [3.8, 4) is 0 Å². The zero-order chi connectivity index (χ0) is 10.3. The molecule has 0 aliphatic carbocycles. The van der Waals surface area contributed by atoms with Gasteiger partial charge in [-0.2, -0.15) is 0 Å². The van der Waals surface area contributed by atoms with Crippen LogP contribution in [0.2, 0.25) is 0 Å². The van der Waals surface area contributed by atoms with Gasteiger partial charge in [0.25, 0.3) is 0 Å². The number of hydrogen-bond acceptors (Lipinski definition) is 2. The van der Waals surface area contributed by atoms with Crippen molar-refractivity contribution in [2.24, 2.45) is 0 Å². The van der Waals surface area contributed by atoms with Gasteiger partial charge in [0.1, 0.15) is 17.2 Å². The van der Waals surface area contributed by atoms with E-state index < -0.39 is 17.2 Å². The van der Waals surface area contributed by atoms with Crippen molar-refractivity contribution in [3.63, 3.8) is 0 Å². The third-order valence-electron chi connectivity index (χ3n) is 2.46. The van der Waals surface area contributed by atoms with Gasteiger partial charge in [-0.25, -0.2) is 8.78 Å². The molecule has 0 amide bonds. The fourth-order valence-electron chi connectivity index (χ4n) is 1.85. The van der Waals surface area contributed by atoms with Crippen molar-refractivity contribution in [2.45, 2.75) is 5.60 Å². The first-order chi connectivity index (χ1) is 6.49. The van der Waals surface area contributed by atoms with Crippen LogP contribution in [-0.2, 0) is 5.60 Å². The molecule has 2 rings (SSSR count). The molecular weight excluding hydrogens is 188 g/mol. The highest BCUT2D eigenvalue weighted by Crippen LogP contribution is 2.31. The number of rotatable bonds is 1. The van der Waals surface area contributed by atoms with Gasteiger partial charge < -0.3 is 5.11 Å². The Kier molecular flexibility index (Phi) is 2.05. The van der Waals surface area contributed by atoms with Gasteiger partial charge in [-0.1, -0.05) is 0 Å². The molecule has 1 heterocycles. The Morgan fingerprint density at radius 3 is 2.14 bits per heavy atom. The average molecular weight is 199 g/mol. The number of benzene rings is 1. The van der Waals surface area contributed by atoms with Gasteiger partial charge in [0, 0.05) is 19.2 Å². The Balaban J connectivity index is 2.32. The molecule has 0 unspecified atom stereocenters. The molecule has 1 N–H and O–H groups in total. The molecule has 4 heteroatoms. The minimum absolute atomic E-state index is 0.313. The van der Waals surface area contributed by atoms with Gasteiger partial charge in [0.2, 0.25) is 0 Å². The third kappa shape index (κ3) is 1.51. The van der Waals surface area contributed by atoms with Gasteiger partial charge in [0.05, 0.1) is 0 Å². The number of aliphatic hydroxyl groups is 1. The van der Waals surface area contributed by atoms with Gasteiger partial charge in [-0.05, 0) is 24.7 Å². The maximum absolute atomic E-state index is 12.9. The molecular formula is C10H11F2NO. The fourth-order valence-corrected chi connectivity index (χ4v) is 1.85. The van der Waals surface area contributed by atoms with Crippen LogP contribution >= 0.6 is 0 Å². The molecule has 0 atom stereocenters. The molecule has 14 heavy (non-hydrogen) atoms. The van der Waals surface area contributed by atoms with Gasteiger partial charge in [-0.3, -0.25) is 4.90 Å². The summed E-state index contributed by atoms with van der Waals surface area (Å²) < 4.78 is 25.7. The SMILES string of the molecule is CN1CC(O)(c2cc(F)cc(F)c2)C1. The van der Waals surface area contributed by atoms with Crippen LogP contribution in [0.15, 0.2) is 18.2 Å². The van der Waals surface area contributed by atoms with E-state index in [0.717, 1.165) is 6.07 Å². The minimum atomic E-state index is -1.09. The van der Waals surface area contributed by atoms with Gasteiger partial charge in [0.15, 0.2) is 0 Å². The Labute approximate surface area is 80.8 Å². The second-order valence-corrected chi connectivity index (χ2v) is 3.86. The van der Waals surface area contributed by atoms with Gasteiger partial charge in [-0.15, -0.1) is 0 Å². The van der Waals surface area contributed by atoms with Crippen molar-refractivity contribution in [3.05, 3.63) is 35.4 Å². The smallest absolute Gasteiger partial charge is 0.126 e. The van der Waals surface area contributed by atoms with E-state index in [1.54, 1.807) is 0 Å². The lowest BCUT2D eigenvalue weighted by Gasteiger charge is -2.44. The number of β-amino-alcohol motifs (C(OH)–C–C–N with tert-alkyl or cyclic N) is 1. The van der Waals surface area contributed by atoms with Crippen LogP contribution in [0, 0.1) is 11.6 Å². The Hall–Kier alpha value is -1.00. The molecule has 1 aromatic carbocycles. The summed E-state index contributed by atoms with van der Waals surface area (Å²) in [6, 6.07) is 3.15. The monoisotopic (exact) mass is 199 g/mol. The van der Waals surface area contributed by atoms with Crippen molar-refractivity contribution < 1.29 is 13.9 Å². The van der Waals surface area contributed by atoms with E-state index in [2.05, 4.69) is 0 Å². The van der Waals surface area contributed by atoms with Crippen LogP contribution in [0.1, 0.15) is 5.56 Å². The summed E-state index contributed by atoms with van der Waals surface area (Å²) in [5.74, 6) is -1.30. The van der Waals surface area contributed by atoms with Crippen molar-refractivity contribution in [1.29, 1.82) is 0 Å². The minimum Gasteiger partial charge on any atom is -0.382 e. The highest BCUT2D eigenvalue weighted by molar-refractivity contribution is 5.27. The highest BCUT2D eigenvalue weighted by Gasteiger charge is 2.40. The standard InChI is InChI=1S/C10H11F2NO/c1-13-5-10(14,6-13)7-2-8(11)4-9(12)3-7/h2-4,14H,5-6H2,1H3. The fraction of sp³-hybridized carbons (Fsp3) is 0.400. The van der Waals surface area contributed by atoms with Crippen LogP contribution in [0.4, 0.5) is 8.78 Å². The number of nitrogens with zero attached hydrogens (tertiary/aromatic N) is 1. The van der Waals surface area contributed by atoms with E-state index in [9.17, 15) is 13.9 Å². The van der Waals surface area contributed by atoms with Crippen LogP contribution in [0.5, 0.6) is 0 Å². The molecule has 0 saturated carbocycles. The largest absolute Gasteiger partial charge is 0.382 e. The molecule has 0 bridgehead atoms. The van der Waals surface area contributed by atoms with Crippen LogP contribution in [0.3, 0.4) is 0 Å². The molecule has 76 valence electrons. The lowest BCUT2D eigenvalue weighted by atomic mass is 9.86. The molecule has 1 aromatic rings. The summed E-state index contributed by atoms with van der Waals surface area (Å²) in [6.45, 7) is 0.825. The van der Waals surface area contributed by atoms with E-state index in [0.29, 0.717) is 18.7 Å². The molecule has 1 fully saturated rings. The summed E-state index contributed by atoms with van der Waals surface area (Å²) in [4.78, 5) is 1.88. The predicted molar refractivity (Wildman–Crippen MR) is 47.8 cm³/mol. The maximum Gasteiger partial charge on any atom is 0.126 e. The summed E-state index contributed by atoms with van der Waals surface area (Å²) in [7, 11) is 1.84. The van der Waals surface area contributed by atoms with Crippen molar-refractivity contribution in [2.75, 3.05) is 20.1 Å². The second kappa shape index (κ2) is 3.00. The third-order valence-corrected chi connectivity index (χ3v) is 2.46. The summed E-state index contributed by atoms with van der Waals surface area (Å²) in [6.07, 6.45) is 0. The zero-order valence-corrected chi connectivity index (χ0v) is 7.80. The molecule has 0 radical (unpaired) electrons. The van der Waals surface area contributed by atoms with E-state index in [1.165, 1.54) is 12.1 Å². The van der Waals surface area contributed by atoms with Crippen LogP contribution in [0.25, 0.3) is 0 Å². The first-order valence-corrected chi connectivity index (χ1v) is 4.37. The van der Waals surface area contributed by atoms with Crippen molar-refractivity contribution >= 4 is 0 Å². The maximum atomic E-state index is 12.9. The molecule has 2 nitrogen and oxygen atoms in total. The Bertz CT molecular complexity index is 341. The number of likely N-dealkylation sites (N-methyl/N-ethyl adjacent to an activating group) is 1. The number of hydrogen-bond donors (Lipinski definition) is 1. The van der Waals surface area contributed by atoms with Crippen LogP contribution < -0.4 is 0 Å². The molecule has 1 aliphatic rings. The van der Waals surface area contributed by atoms with E-state index in [-0.39, 0.29) is 0 Å². The average Bonchev–Trinajstić information content (AvgIpc) is 1.99. The molecule has 0 aromatic heterocycles. The van der Waals surface area contributed by atoms with E-state index in [1.807, 2.05) is 11.9 Å². The molecule has 0 spiro atoms. The summed E-state index contributed by atoms with van der Waals surface area (Å²) in [5, 5.41) is 9.93. The Morgan fingerprint density at radius 2 is 1.71 bits per heavy atom. The number of likely N-dealkylation sites (tertiary alicyclic amines) is 1. The number of halogens is 2. The van der Waals surface area contributed by atoms with Crippen molar-refractivity contribution in [1.82, 2.24) is 4.90 Å². The highest BCUT2D eigenvalue weighted by atomic mass is 19.1. The topological polar surface area (TPSA) is 23.5 Å². The lowest BCUT2D eigenvalue weighted by molar-refractivity contribution is -0.0922. The van der Waals surface area contributed by atoms with E-state index >= 15 is 0 Å². The van der Waals surface area contributed by atoms with Gasteiger partial charge >= 0.3 is 0 Å². The normalized spacial score (nSPS) is 20.6. The quantitative estimate of drug-likeness (QED) is 0.732. The summed E-state index contributed by atoms with van der Waals surface area (Å²) in [5.41, 5.74) is -0.773. The first-order valence-electron chi connectivity index (χ1n) is 4.37. The second-order valence-electron chi connectivity index (χ2n) is 3.86.